The summed E-state index contributed by atoms with van der Waals surface area (Å²) in [6.07, 6.45) is 1.48. The van der Waals surface area contributed by atoms with Crippen molar-refractivity contribution in [2.45, 2.75) is 26.3 Å². The van der Waals surface area contributed by atoms with Gasteiger partial charge in [-0.25, -0.2) is 0 Å². The lowest BCUT2D eigenvalue weighted by Crippen LogP contribution is -2.40. The van der Waals surface area contributed by atoms with Gasteiger partial charge in [0.1, 0.15) is 11.3 Å². The number of likely N-dealkylation sites (tertiary alicyclic amines) is 1. The van der Waals surface area contributed by atoms with Gasteiger partial charge in [-0.15, -0.1) is 0 Å². The van der Waals surface area contributed by atoms with Gasteiger partial charge in [-0.05, 0) is 25.0 Å². The number of hydrogen-bond acceptors (Lipinski definition) is 3. The topological polar surface area (TPSA) is 69.9 Å². The number of guanidine groups is 1. The normalized spacial score (nSPS) is 16.8. The molecule has 3 aromatic rings. The van der Waals surface area contributed by atoms with Gasteiger partial charge in [0.05, 0.1) is 6.54 Å². The quantitative estimate of drug-likeness (QED) is 0.455. The molecule has 162 valence electrons. The van der Waals surface area contributed by atoms with Crippen LogP contribution in [0.2, 0.25) is 0 Å². The Morgan fingerprint density at radius 2 is 1.90 bits per heavy atom. The number of benzene rings is 2. The van der Waals surface area contributed by atoms with Crippen LogP contribution in [0.1, 0.15) is 23.3 Å². The molecule has 0 bridgehead atoms. The summed E-state index contributed by atoms with van der Waals surface area (Å²) in [6, 6.07) is 18.4. The van der Waals surface area contributed by atoms with Crippen LogP contribution in [0.5, 0.6) is 0 Å². The lowest BCUT2D eigenvalue weighted by Gasteiger charge is -2.18. The van der Waals surface area contributed by atoms with E-state index < -0.39 is 0 Å². The minimum atomic E-state index is 0.239. The maximum atomic E-state index is 12.4. The van der Waals surface area contributed by atoms with Crippen LogP contribution in [0.3, 0.4) is 0 Å². The van der Waals surface area contributed by atoms with Crippen molar-refractivity contribution in [3.63, 3.8) is 0 Å². The number of aryl methyl sites for hydroxylation is 1. The first-order chi connectivity index (χ1) is 15.1. The largest absolute Gasteiger partial charge is 0.459 e. The Morgan fingerprint density at radius 3 is 2.68 bits per heavy atom. The highest BCUT2D eigenvalue weighted by molar-refractivity contribution is 5.83. The second-order valence-electron chi connectivity index (χ2n) is 8.10. The summed E-state index contributed by atoms with van der Waals surface area (Å²) in [5, 5.41) is 7.84. The SMILES string of the molecule is CN=C(NCc1oc2ccccc2c1C)NCC1CC(=O)N(CCc2ccccc2)C1. The Morgan fingerprint density at radius 1 is 1.13 bits per heavy atom. The van der Waals surface area contributed by atoms with Crippen LogP contribution in [-0.2, 0) is 17.8 Å². The Kier molecular flexibility index (Phi) is 6.55. The van der Waals surface area contributed by atoms with Crippen LogP contribution < -0.4 is 10.6 Å². The number of carbonyl (C=O) groups excluding carboxylic acids is 1. The molecular weight excluding hydrogens is 388 g/mol. The highest BCUT2D eigenvalue weighted by Crippen LogP contribution is 2.24. The van der Waals surface area contributed by atoms with E-state index in [4.69, 9.17) is 4.42 Å². The van der Waals surface area contributed by atoms with Gasteiger partial charge in [-0.2, -0.15) is 0 Å². The lowest BCUT2D eigenvalue weighted by atomic mass is 10.1. The molecule has 1 aliphatic heterocycles. The highest BCUT2D eigenvalue weighted by atomic mass is 16.3. The Bertz CT molecular complexity index is 1060. The third-order valence-electron chi connectivity index (χ3n) is 5.95. The minimum absolute atomic E-state index is 0.239. The fraction of sp³-hybridized carbons (Fsp3) is 0.360. The van der Waals surface area contributed by atoms with Gasteiger partial charge in [0.2, 0.25) is 5.91 Å². The van der Waals surface area contributed by atoms with Crippen molar-refractivity contribution in [1.82, 2.24) is 15.5 Å². The standard InChI is InChI=1S/C25H30N4O2/c1-18-21-10-6-7-11-22(21)31-23(18)16-28-25(26-2)27-15-20-14-24(30)29(17-20)13-12-19-8-4-3-5-9-19/h3-11,20H,12-17H2,1-2H3,(H2,26,27,28). The van der Waals surface area contributed by atoms with Gasteiger partial charge in [-0.1, -0.05) is 48.5 Å². The number of furan rings is 1. The molecule has 2 heterocycles. The third kappa shape index (κ3) is 5.08. The molecule has 0 aliphatic carbocycles. The first-order valence-corrected chi connectivity index (χ1v) is 10.9. The Hall–Kier alpha value is -3.28. The summed E-state index contributed by atoms with van der Waals surface area (Å²) < 4.78 is 5.97. The maximum Gasteiger partial charge on any atom is 0.223 e. The number of aliphatic imine (C=N–C) groups is 1. The van der Waals surface area contributed by atoms with E-state index in [1.807, 2.05) is 41.3 Å². The monoisotopic (exact) mass is 418 g/mol. The van der Waals surface area contributed by atoms with Gasteiger partial charge in [-0.3, -0.25) is 9.79 Å². The summed E-state index contributed by atoms with van der Waals surface area (Å²) >= 11 is 0. The molecule has 1 amide bonds. The minimum Gasteiger partial charge on any atom is -0.459 e. The second kappa shape index (κ2) is 9.69. The zero-order chi connectivity index (χ0) is 21.6. The van der Waals surface area contributed by atoms with E-state index in [9.17, 15) is 4.79 Å². The van der Waals surface area contributed by atoms with E-state index in [1.165, 1.54) is 5.56 Å². The molecule has 0 radical (unpaired) electrons. The molecule has 1 aliphatic rings. The third-order valence-corrected chi connectivity index (χ3v) is 5.95. The van der Waals surface area contributed by atoms with E-state index in [1.54, 1.807) is 7.05 Å². The Balaban J connectivity index is 1.25. The average Bonchev–Trinajstić information content (AvgIpc) is 3.32. The van der Waals surface area contributed by atoms with E-state index >= 15 is 0 Å². The number of nitrogens with one attached hydrogen (secondary N) is 2. The van der Waals surface area contributed by atoms with Crippen molar-refractivity contribution >= 4 is 22.8 Å². The molecule has 6 nitrogen and oxygen atoms in total. The van der Waals surface area contributed by atoms with Crippen molar-refractivity contribution in [3.8, 4) is 0 Å². The number of fused-ring (bicyclic) bond motifs is 1. The van der Waals surface area contributed by atoms with E-state index in [-0.39, 0.29) is 11.8 Å². The van der Waals surface area contributed by atoms with E-state index in [0.29, 0.717) is 19.5 Å². The first kappa shape index (κ1) is 21.0. The summed E-state index contributed by atoms with van der Waals surface area (Å²) in [4.78, 5) is 18.7. The zero-order valence-corrected chi connectivity index (χ0v) is 18.2. The number of para-hydroxylation sites is 1. The van der Waals surface area contributed by atoms with Crippen LogP contribution in [0.4, 0.5) is 0 Å². The number of nitrogens with zero attached hydrogens (tertiary/aromatic N) is 2. The molecule has 0 saturated carbocycles. The highest BCUT2D eigenvalue weighted by Gasteiger charge is 2.29. The van der Waals surface area contributed by atoms with E-state index in [2.05, 4.69) is 40.7 Å². The predicted molar refractivity (Wildman–Crippen MR) is 124 cm³/mol. The predicted octanol–water partition coefficient (Wildman–Crippen LogP) is 3.50. The van der Waals surface area contributed by atoms with Gasteiger partial charge in [0.25, 0.3) is 0 Å². The molecule has 4 rings (SSSR count). The average molecular weight is 419 g/mol. The van der Waals surface area contributed by atoms with Crippen molar-refractivity contribution in [3.05, 3.63) is 71.5 Å². The van der Waals surface area contributed by atoms with Crippen molar-refractivity contribution in [1.29, 1.82) is 0 Å². The molecule has 1 fully saturated rings. The van der Waals surface area contributed by atoms with Crippen molar-refractivity contribution in [2.24, 2.45) is 10.9 Å². The molecular formula is C25H30N4O2. The molecule has 2 N–H and O–H groups in total. The second-order valence-corrected chi connectivity index (χ2v) is 8.10. The summed E-state index contributed by atoms with van der Waals surface area (Å²) in [7, 11) is 1.76. The smallest absolute Gasteiger partial charge is 0.223 e. The Labute approximate surface area is 183 Å². The molecule has 1 unspecified atom stereocenters. The number of hydrogen-bond donors (Lipinski definition) is 2. The van der Waals surface area contributed by atoms with Crippen LogP contribution >= 0.6 is 0 Å². The first-order valence-electron chi connectivity index (χ1n) is 10.9. The fourth-order valence-electron chi connectivity index (χ4n) is 4.13. The summed E-state index contributed by atoms with van der Waals surface area (Å²) in [5.41, 5.74) is 3.32. The van der Waals surface area contributed by atoms with Crippen LogP contribution in [-0.4, -0.2) is 43.4 Å². The molecule has 1 aromatic heterocycles. The van der Waals surface area contributed by atoms with Crippen LogP contribution in [0.25, 0.3) is 11.0 Å². The fourth-order valence-corrected chi connectivity index (χ4v) is 4.13. The van der Waals surface area contributed by atoms with Crippen LogP contribution in [0, 0.1) is 12.8 Å². The molecule has 1 saturated heterocycles. The number of rotatable bonds is 7. The van der Waals surface area contributed by atoms with Gasteiger partial charge in [0.15, 0.2) is 5.96 Å². The summed E-state index contributed by atoms with van der Waals surface area (Å²) in [5.74, 6) is 2.15. The number of carbonyl (C=O) groups is 1. The molecule has 31 heavy (non-hydrogen) atoms. The molecule has 6 heteroatoms. The van der Waals surface area contributed by atoms with Crippen molar-refractivity contribution in [2.75, 3.05) is 26.7 Å². The van der Waals surface area contributed by atoms with Gasteiger partial charge < -0.3 is 20.0 Å². The number of amides is 1. The molecule has 0 spiro atoms. The lowest BCUT2D eigenvalue weighted by molar-refractivity contribution is -0.127. The molecule has 1 atom stereocenters. The van der Waals surface area contributed by atoms with Gasteiger partial charge >= 0.3 is 0 Å². The van der Waals surface area contributed by atoms with Crippen LogP contribution in [0.15, 0.2) is 64.0 Å². The van der Waals surface area contributed by atoms with Gasteiger partial charge in [0, 0.05) is 50.0 Å². The van der Waals surface area contributed by atoms with E-state index in [0.717, 1.165) is 47.8 Å². The summed E-state index contributed by atoms with van der Waals surface area (Å²) in [6.45, 7) is 4.92. The maximum absolute atomic E-state index is 12.4. The molecule has 2 aromatic carbocycles. The zero-order valence-electron chi connectivity index (χ0n) is 18.2. The van der Waals surface area contributed by atoms with Crippen molar-refractivity contribution < 1.29 is 9.21 Å².